The van der Waals surface area contributed by atoms with E-state index in [1.807, 2.05) is 48.0 Å². The molecule has 0 radical (unpaired) electrons. The second-order valence-electron chi connectivity index (χ2n) is 4.62. The van der Waals surface area contributed by atoms with Crippen LogP contribution in [0.15, 0.2) is 48.8 Å². The topological polar surface area (TPSA) is 47.8 Å². The Morgan fingerprint density at radius 2 is 2.05 bits per heavy atom. The molecule has 3 aromatic rings. The summed E-state index contributed by atoms with van der Waals surface area (Å²) in [6.07, 6.45) is 3.89. The first kappa shape index (κ1) is 12.5. The first-order valence-electron chi connectivity index (χ1n) is 6.67. The monoisotopic (exact) mass is 265 g/mol. The number of imidazole rings is 1. The number of Topliss-reactive ketones (excluding diaryl/α,β-unsaturated/α-hetero) is 1. The van der Waals surface area contributed by atoms with Crippen molar-refractivity contribution in [2.75, 3.05) is 0 Å². The molecule has 4 nitrogen and oxygen atoms in total. The van der Waals surface area contributed by atoms with Crippen molar-refractivity contribution in [2.45, 2.75) is 19.9 Å². The third-order valence-electron chi connectivity index (χ3n) is 3.35. The number of pyridine rings is 1. The van der Waals surface area contributed by atoms with Gasteiger partial charge < -0.3 is 4.57 Å². The first-order chi connectivity index (χ1) is 9.78. The Bertz CT molecular complexity index is 761. The summed E-state index contributed by atoms with van der Waals surface area (Å²) in [7, 11) is 0. The van der Waals surface area contributed by atoms with Crippen LogP contribution >= 0.6 is 0 Å². The van der Waals surface area contributed by atoms with Gasteiger partial charge in [0.1, 0.15) is 11.5 Å². The largest absolute Gasteiger partial charge is 0.335 e. The molecule has 0 aliphatic rings. The van der Waals surface area contributed by atoms with E-state index >= 15 is 0 Å². The van der Waals surface area contributed by atoms with Gasteiger partial charge in [-0.3, -0.25) is 4.79 Å². The summed E-state index contributed by atoms with van der Waals surface area (Å²) in [6, 6.07) is 11.5. The Kier molecular flexibility index (Phi) is 3.29. The normalized spacial score (nSPS) is 10.8. The van der Waals surface area contributed by atoms with Crippen molar-refractivity contribution in [3.8, 4) is 0 Å². The smallest absolute Gasteiger partial charge is 0.188 e. The summed E-state index contributed by atoms with van der Waals surface area (Å²) in [5.41, 5.74) is 1.34. The summed E-state index contributed by atoms with van der Waals surface area (Å²) in [6.45, 7) is 2.84. The Morgan fingerprint density at radius 3 is 2.90 bits per heavy atom. The molecule has 0 fully saturated rings. The molecule has 2 heterocycles. The molecule has 0 bridgehead atoms. The van der Waals surface area contributed by atoms with E-state index in [9.17, 15) is 4.79 Å². The molecule has 0 saturated carbocycles. The molecule has 0 unspecified atom stereocenters. The molecule has 0 aliphatic heterocycles. The molecule has 0 aliphatic carbocycles. The molecule has 0 saturated heterocycles. The van der Waals surface area contributed by atoms with E-state index in [2.05, 4.69) is 9.97 Å². The fraction of sp³-hybridized carbons (Fsp3) is 0.188. The zero-order valence-corrected chi connectivity index (χ0v) is 11.3. The van der Waals surface area contributed by atoms with E-state index in [-0.39, 0.29) is 12.2 Å². The number of rotatable bonds is 4. The number of benzene rings is 1. The van der Waals surface area contributed by atoms with Gasteiger partial charge in [-0.2, -0.15) is 0 Å². The third kappa shape index (κ3) is 2.32. The van der Waals surface area contributed by atoms with Crippen LogP contribution in [-0.4, -0.2) is 20.3 Å². The van der Waals surface area contributed by atoms with Gasteiger partial charge in [-0.15, -0.1) is 0 Å². The zero-order chi connectivity index (χ0) is 13.9. The van der Waals surface area contributed by atoms with E-state index < -0.39 is 0 Å². The van der Waals surface area contributed by atoms with Crippen LogP contribution in [0.1, 0.15) is 23.2 Å². The Balaban J connectivity index is 1.89. The van der Waals surface area contributed by atoms with Crippen LogP contribution in [0.2, 0.25) is 0 Å². The minimum Gasteiger partial charge on any atom is -0.335 e. The van der Waals surface area contributed by atoms with Crippen molar-refractivity contribution < 1.29 is 4.79 Å². The van der Waals surface area contributed by atoms with E-state index in [1.165, 1.54) is 0 Å². The molecule has 100 valence electrons. The van der Waals surface area contributed by atoms with Crippen molar-refractivity contribution in [3.05, 3.63) is 60.3 Å². The number of carbonyl (C=O) groups excluding carboxylic acids is 1. The summed E-state index contributed by atoms with van der Waals surface area (Å²) >= 11 is 0. The van der Waals surface area contributed by atoms with Crippen LogP contribution in [0, 0.1) is 0 Å². The van der Waals surface area contributed by atoms with Gasteiger partial charge in [0.05, 0.1) is 11.9 Å². The standard InChI is InChI=1S/C16H15N3O/c1-2-19-10-9-17-16(19)11-15(20)14-8-7-12-5-3-4-6-13(12)18-14/h3-10H,2,11H2,1H3. The number of ketones is 1. The Morgan fingerprint density at radius 1 is 1.20 bits per heavy atom. The highest BCUT2D eigenvalue weighted by molar-refractivity contribution is 5.97. The maximum absolute atomic E-state index is 12.3. The number of hydrogen-bond acceptors (Lipinski definition) is 3. The van der Waals surface area contributed by atoms with Crippen molar-refractivity contribution >= 4 is 16.7 Å². The molecular weight excluding hydrogens is 250 g/mol. The molecule has 3 rings (SSSR count). The lowest BCUT2D eigenvalue weighted by Gasteiger charge is -2.04. The molecular formula is C16H15N3O. The van der Waals surface area contributed by atoms with Crippen molar-refractivity contribution in [3.63, 3.8) is 0 Å². The van der Waals surface area contributed by atoms with Crippen molar-refractivity contribution in [1.82, 2.24) is 14.5 Å². The number of nitrogens with zero attached hydrogens (tertiary/aromatic N) is 3. The minimum atomic E-state index is -0.00310. The lowest BCUT2D eigenvalue weighted by Crippen LogP contribution is -2.11. The van der Waals surface area contributed by atoms with Gasteiger partial charge in [0.2, 0.25) is 0 Å². The first-order valence-corrected chi connectivity index (χ1v) is 6.67. The van der Waals surface area contributed by atoms with Crippen LogP contribution < -0.4 is 0 Å². The van der Waals surface area contributed by atoms with Crippen molar-refractivity contribution in [2.24, 2.45) is 0 Å². The van der Waals surface area contributed by atoms with Crippen LogP contribution in [-0.2, 0) is 13.0 Å². The minimum absolute atomic E-state index is 0.00310. The SMILES string of the molecule is CCn1ccnc1CC(=O)c1ccc2ccccc2n1. The highest BCUT2D eigenvalue weighted by Gasteiger charge is 2.12. The van der Waals surface area contributed by atoms with Crippen LogP contribution in [0.25, 0.3) is 10.9 Å². The van der Waals surface area contributed by atoms with Gasteiger partial charge in [-0.25, -0.2) is 9.97 Å². The molecule has 20 heavy (non-hydrogen) atoms. The fourth-order valence-electron chi connectivity index (χ4n) is 2.25. The van der Waals surface area contributed by atoms with Crippen LogP contribution in [0.4, 0.5) is 0 Å². The number of fused-ring (bicyclic) bond motifs is 1. The average Bonchev–Trinajstić information content (AvgIpc) is 2.94. The number of hydrogen-bond donors (Lipinski definition) is 0. The van der Waals surface area contributed by atoms with E-state index in [4.69, 9.17) is 0 Å². The van der Waals surface area contributed by atoms with Gasteiger partial charge in [-0.05, 0) is 19.1 Å². The Labute approximate surface area is 117 Å². The second-order valence-corrected chi connectivity index (χ2v) is 4.62. The third-order valence-corrected chi connectivity index (χ3v) is 3.35. The number of carbonyl (C=O) groups is 1. The highest BCUT2D eigenvalue weighted by atomic mass is 16.1. The fourth-order valence-corrected chi connectivity index (χ4v) is 2.25. The zero-order valence-electron chi connectivity index (χ0n) is 11.3. The number of aromatic nitrogens is 3. The average molecular weight is 265 g/mol. The summed E-state index contributed by atoms with van der Waals surface area (Å²) in [4.78, 5) is 21.0. The molecule has 2 aromatic heterocycles. The van der Waals surface area contributed by atoms with Gasteiger partial charge in [-0.1, -0.05) is 24.3 Å². The van der Waals surface area contributed by atoms with Gasteiger partial charge >= 0.3 is 0 Å². The maximum Gasteiger partial charge on any atom is 0.188 e. The van der Waals surface area contributed by atoms with E-state index in [0.717, 1.165) is 23.3 Å². The summed E-state index contributed by atoms with van der Waals surface area (Å²) < 4.78 is 1.97. The Hall–Kier alpha value is -2.49. The molecule has 0 spiro atoms. The lowest BCUT2D eigenvalue weighted by molar-refractivity contribution is 0.0985. The molecule has 0 atom stereocenters. The maximum atomic E-state index is 12.3. The quantitative estimate of drug-likeness (QED) is 0.681. The van der Waals surface area contributed by atoms with Gasteiger partial charge in [0.25, 0.3) is 0 Å². The summed E-state index contributed by atoms with van der Waals surface area (Å²) in [5, 5.41) is 1.04. The molecule has 1 aromatic carbocycles. The molecule has 0 N–H and O–H groups in total. The van der Waals surface area contributed by atoms with Crippen molar-refractivity contribution in [1.29, 1.82) is 0 Å². The highest BCUT2D eigenvalue weighted by Crippen LogP contribution is 2.13. The predicted molar refractivity (Wildman–Crippen MR) is 77.7 cm³/mol. The van der Waals surface area contributed by atoms with Crippen LogP contribution in [0.5, 0.6) is 0 Å². The van der Waals surface area contributed by atoms with E-state index in [0.29, 0.717) is 5.69 Å². The number of aryl methyl sites for hydroxylation is 1. The van der Waals surface area contributed by atoms with E-state index in [1.54, 1.807) is 12.3 Å². The lowest BCUT2D eigenvalue weighted by atomic mass is 10.1. The molecule has 4 heteroatoms. The molecule has 0 amide bonds. The summed E-state index contributed by atoms with van der Waals surface area (Å²) in [5.74, 6) is 0.782. The van der Waals surface area contributed by atoms with Gasteiger partial charge in [0, 0.05) is 24.3 Å². The predicted octanol–water partition coefficient (Wildman–Crippen LogP) is 2.88. The number of para-hydroxylation sites is 1. The van der Waals surface area contributed by atoms with Crippen LogP contribution in [0.3, 0.4) is 0 Å². The van der Waals surface area contributed by atoms with Gasteiger partial charge in [0.15, 0.2) is 5.78 Å². The second kappa shape index (κ2) is 5.25.